The molecule has 0 bridgehead atoms. The smallest absolute Gasteiger partial charge is 0.220 e. The largest absolute Gasteiger partial charge is 0.345 e. The number of carbonyl (C=O) groups excluding carboxylic acids is 3. The molecule has 0 radical (unpaired) electrons. The van der Waals surface area contributed by atoms with Crippen LogP contribution in [0.2, 0.25) is 0 Å². The standard InChI is InChI=1S/C19H25N3O3/c1-4-13-20-17(23)10-7-16(8-11-18(24)21-14-5-2)9-12-19(25)22-15-6-3/h1-3,16H,7-15H2,(H,20,23)(H,21,24)(H,22,25). The lowest BCUT2D eigenvalue weighted by Gasteiger charge is -2.16. The first-order chi connectivity index (χ1) is 12.0. The molecular formula is C19H25N3O3. The van der Waals surface area contributed by atoms with Crippen LogP contribution in [-0.4, -0.2) is 37.4 Å². The van der Waals surface area contributed by atoms with E-state index in [4.69, 9.17) is 19.3 Å². The van der Waals surface area contributed by atoms with Crippen LogP contribution in [0.15, 0.2) is 0 Å². The highest BCUT2D eigenvalue weighted by molar-refractivity contribution is 5.77. The van der Waals surface area contributed by atoms with Crippen LogP contribution >= 0.6 is 0 Å². The van der Waals surface area contributed by atoms with Gasteiger partial charge >= 0.3 is 0 Å². The van der Waals surface area contributed by atoms with E-state index < -0.39 is 0 Å². The number of nitrogens with one attached hydrogen (secondary N) is 3. The lowest BCUT2D eigenvalue weighted by Crippen LogP contribution is -2.26. The minimum atomic E-state index is -0.142. The van der Waals surface area contributed by atoms with Gasteiger partial charge in [-0.3, -0.25) is 14.4 Å². The molecule has 0 saturated heterocycles. The molecule has 3 amide bonds. The van der Waals surface area contributed by atoms with E-state index in [-0.39, 0.29) is 43.3 Å². The lowest BCUT2D eigenvalue weighted by molar-refractivity contribution is -0.121. The molecule has 0 aliphatic carbocycles. The van der Waals surface area contributed by atoms with Crippen molar-refractivity contribution in [3.63, 3.8) is 0 Å². The van der Waals surface area contributed by atoms with Gasteiger partial charge in [0.2, 0.25) is 17.7 Å². The number of terminal acetylenes is 3. The normalized spacial score (nSPS) is 9.36. The summed E-state index contributed by atoms with van der Waals surface area (Å²) in [6, 6.07) is 0. The maximum absolute atomic E-state index is 11.7. The topological polar surface area (TPSA) is 87.3 Å². The Morgan fingerprint density at radius 3 is 1.16 bits per heavy atom. The van der Waals surface area contributed by atoms with Crippen molar-refractivity contribution in [3.05, 3.63) is 0 Å². The molecule has 0 aromatic carbocycles. The second-order valence-corrected chi connectivity index (χ2v) is 5.42. The van der Waals surface area contributed by atoms with Gasteiger partial charge in [0.25, 0.3) is 0 Å². The third-order valence-corrected chi connectivity index (χ3v) is 3.50. The van der Waals surface area contributed by atoms with Crippen molar-refractivity contribution in [2.45, 2.75) is 38.5 Å². The molecule has 0 fully saturated rings. The third kappa shape index (κ3) is 13.2. The highest BCUT2D eigenvalue weighted by Gasteiger charge is 2.15. The summed E-state index contributed by atoms with van der Waals surface area (Å²) in [6.07, 6.45) is 17.9. The van der Waals surface area contributed by atoms with Crippen LogP contribution in [0.25, 0.3) is 0 Å². The van der Waals surface area contributed by atoms with Gasteiger partial charge in [-0.25, -0.2) is 0 Å². The van der Waals surface area contributed by atoms with Crippen molar-refractivity contribution in [2.75, 3.05) is 19.6 Å². The summed E-state index contributed by atoms with van der Waals surface area (Å²) in [5.41, 5.74) is 0. The van der Waals surface area contributed by atoms with E-state index in [1.54, 1.807) is 0 Å². The van der Waals surface area contributed by atoms with Gasteiger partial charge in [0.1, 0.15) is 0 Å². The zero-order valence-corrected chi connectivity index (χ0v) is 14.4. The van der Waals surface area contributed by atoms with Crippen molar-refractivity contribution >= 4 is 17.7 Å². The van der Waals surface area contributed by atoms with E-state index in [9.17, 15) is 14.4 Å². The fraction of sp³-hybridized carbons (Fsp3) is 0.526. The second kappa shape index (κ2) is 14.7. The number of rotatable bonds is 12. The van der Waals surface area contributed by atoms with Crippen LogP contribution in [0.1, 0.15) is 38.5 Å². The number of carbonyl (C=O) groups is 3. The molecule has 0 unspecified atom stereocenters. The van der Waals surface area contributed by atoms with Crippen LogP contribution < -0.4 is 16.0 Å². The summed E-state index contributed by atoms with van der Waals surface area (Å²) in [4.78, 5) is 35.0. The zero-order valence-electron chi connectivity index (χ0n) is 14.4. The minimum Gasteiger partial charge on any atom is -0.345 e. The molecule has 0 aliphatic rings. The van der Waals surface area contributed by atoms with Crippen LogP contribution in [0.4, 0.5) is 0 Å². The monoisotopic (exact) mass is 343 g/mol. The van der Waals surface area contributed by atoms with Gasteiger partial charge in [0, 0.05) is 19.3 Å². The van der Waals surface area contributed by atoms with Crippen LogP contribution in [0, 0.1) is 42.9 Å². The molecule has 0 rings (SSSR count). The first-order valence-corrected chi connectivity index (χ1v) is 8.14. The summed E-state index contributed by atoms with van der Waals surface area (Å²) in [5, 5.41) is 7.79. The Morgan fingerprint density at radius 2 is 0.920 bits per heavy atom. The molecule has 3 N–H and O–H groups in total. The van der Waals surface area contributed by atoms with Gasteiger partial charge in [-0.2, -0.15) is 0 Å². The minimum absolute atomic E-state index is 0.0600. The number of hydrogen-bond donors (Lipinski definition) is 3. The van der Waals surface area contributed by atoms with E-state index in [1.807, 2.05) is 0 Å². The summed E-state index contributed by atoms with van der Waals surface area (Å²) >= 11 is 0. The fourth-order valence-electron chi connectivity index (χ4n) is 2.15. The molecule has 25 heavy (non-hydrogen) atoms. The predicted octanol–water partition coefficient (Wildman–Crippen LogP) is 0.191. The van der Waals surface area contributed by atoms with Crippen LogP contribution in [0.5, 0.6) is 0 Å². The van der Waals surface area contributed by atoms with Gasteiger partial charge in [-0.05, 0) is 25.2 Å². The summed E-state index contributed by atoms with van der Waals surface area (Å²) in [6.45, 7) is 0.561. The molecule has 0 atom stereocenters. The fourth-order valence-corrected chi connectivity index (χ4v) is 2.15. The molecule has 0 heterocycles. The van der Waals surface area contributed by atoms with Crippen molar-refractivity contribution in [1.29, 1.82) is 0 Å². The Labute approximate surface area is 149 Å². The second-order valence-electron chi connectivity index (χ2n) is 5.42. The molecule has 0 aliphatic heterocycles. The van der Waals surface area contributed by atoms with E-state index >= 15 is 0 Å². The first kappa shape index (κ1) is 22.1. The predicted molar refractivity (Wildman–Crippen MR) is 96.7 cm³/mol. The average Bonchev–Trinajstić information content (AvgIpc) is 2.61. The Kier molecular flexibility index (Phi) is 13.0. The number of hydrogen-bond acceptors (Lipinski definition) is 3. The van der Waals surface area contributed by atoms with E-state index in [0.717, 1.165) is 0 Å². The van der Waals surface area contributed by atoms with Crippen LogP contribution in [-0.2, 0) is 14.4 Å². The Bertz CT molecular complexity index is 483. The molecule has 0 aromatic rings. The van der Waals surface area contributed by atoms with Crippen molar-refractivity contribution in [3.8, 4) is 37.0 Å². The Morgan fingerprint density at radius 1 is 0.640 bits per heavy atom. The maximum atomic E-state index is 11.7. The molecule has 0 spiro atoms. The number of amides is 3. The van der Waals surface area contributed by atoms with E-state index in [2.05, 4.69) is 33.7 Å². The average molecular weight is 343 g/mol. The van der Waals surface area contributed by atoms with Gasteiger partial charge in [-0.15, -0.1) is 19.3 Å². The summed E-state index contributed by atoms with van der Waals surface area (Å²) in [5.74, 6) is 6.64. The third-order valence-electron chi connectivity index (χ3n) is 3.50. The SMILES string of the molecule is C#CCNC(=O)CCC(CCC(=O)NCC#C)CCC(=O)NCC#C. The zero-order chi connectivity index (χ0) is 18.9. The highest BCUT2D eigenvalue weighted by atomic mass is 16.2. The Balaban J connectivity index is 4.39. The highest BCUT2D eigenvalue weighted by Crippen LogP contribution is 2.19. The molecule has 0 saturated carbocycles. The molecule has 0 aromatic heterocycles. The van der Waals surface area contributed by atoms with Crippen molar-refractivity contribution in [1.82, 2.24) is 16.0 Å². The molecular weight excluding hydrogens is 318 g/mol. The Hall–Kier alpha value is -2.91. The van der Waals surface area contributed by atoms with Crippen LogP contribution in [0.3, 0.4) is 0 Å². The van der Waals surface area contributed by atoms with E-state index in [1.165, 1.54) is 0 Å². The van der Waals surface area contributed by atoms with Gasteiger partial charge < -0.3 is 16.0 Å². The van der Waals surface area contributed by atoms with Crippen molar-refractivity contribution < 1.29 is 14.4 Å². The van der Waals surface area contributed by atoms with Gasteiger partial charge in [0.05, 0.1) is 19.6 Å². The molecule has 134 valence electrons. The maximum Gasteiger partial charge on any atom is 0.220 e. The van der Waals surface area contributed by atoms with Crippen molar-refractivity contribution in [2.24, 2.45) is 5.92 Å². The molecule has 6 nitrogen and oxygen atoms in total. The summed E-state index contributed by atoms with van der Waals surface area (Å²) in [7, 11) is 0. The molecule has 6 heteroatoms. The summed E-state index contributed by atoms with van der Waals surface area (Å²) < 4.78 is 0. The lowest BCUT2D eigenvalue weighted by atomic mass is 9.92. The quantitative estimate of drug-likeness (QED) is 0.442. The first-order valence-electron chi connectivity index (χ1n) is 8.14. The van der Waals surface area contributed by atoms with E-state index in [0.29, 0.717) is 38.5 Å². The van der Waals surface area contributed by atoms with Gasteiger partial charge in [-0.1, -0.05) is 17.8 Å². The van der Waals surface area contributed by atoms with Gasteiger partial charge in [0.15, 0.2) is 0 Å².